The molecule has 0 radical (unpaired) electrons. The molecule has 1 unspecified atom stereocenters. The summed E-state index contributed by atoms with van der Waals surface area (Å²) < 4.78 is 4.98. The van der Waals surface area contributed by atoms with Crippen LogP contribution < -0.4 is 5.32 Å². The smallest absolute Gasteiger partial charge is 0.251 e. The van der Waals surface area contributed by atoms with Crippen molar-refractivity contribution in [2.75, 3.05) is 20.3 Å². The highest BCUT2D eigenvalue weighted by atomic mass is 16.5. The van der Waals surface area contributed by atoms with Crippen LogP contribution in [0, 0.1) is 6.92 Å². The molecule has 2 N–H and O–H groups in total. The summed E-state index contributed by atoms with van der Waals surface area (Å²) >= 11 is 0. The third kappa shape index (κ3) is 4.50. The van der Waals surface area contributed by atoms with E-state index < -0.39 is 0 Å². The third-order valence-electron chi connectivity index (χ3n) is 2.34. The number of nitrogens with zero attached hydrogens (tertiary/aromatic N) is 1. The number of hydrogen-bond acceptors (Lipinski definition) is 4. The summed E-state index contributed by atoms with van der Waals surface area (Å²) in [6.07, 6.45) is 2.07. The van der Waals surface area contributed by atoms with Crippen molar-refractivity contribution in [3.63, 3.8) is 0 Å². The molecule has 0 fully saturated rings. The number of aryl methyl sites for hydroxylation is 1. The molecule has 0 saturated heterocycles. The highest BCUT2D eigenvalue weighted by molar-refractivity contribution is 5.94. The van der Waals surface area contributed by atoms with Gasteiger partial charge in [-0.2, -0.15) is 0 Å². The molecule has 0 bridgehead atoms. The maximum atomic E-state index is 11.9. The molecule has 0 saturated carbocycles. The molecule has 1 aromatic rings. The first-order valence-electron chi connectivity index (χ1n) is 5.50. The van der Waals surface area contributed by atoms with Crippen molar-refractivity contribution in [3.05, 3.63) is 29.6 Å². The predicted octanol–water partition coefficient (Wildman–Crippen LogP) is 0.517. The van der Waals surface area contributed by atoms with Gasteiger partial charge in [0.15, 0.2) is 0 Å². The Labute approximate surface area is 101 Å². The Morgan fingerprint density at radius 2 is 2.41 bits per heavy atom. The fraction of sp³-hybridized carbons (Fsp3) is 0.500. The van der Waals surface area contributed by atoms with Gasteiger partial charge < -0.3 is 15.2 Å². The summed E-state index contributed by atoms with van der Waals surface area (Å²) in [7, 11) is 1.56. The van der Waals surface area contributed by atoms with E-state index in [-0.39, 0.29) is 18.6 Å². The Balaban J connectivity index is 2.63. The van der Waals surface area contributed by atoms with Crippen LogP contribution in [0.5, 0.6) is 0 Å². The van der Waals surface area contributed by atoms with E-state index in [0.717, 1.165) is 5.69 Å². The zero-order valence-electron chi connectivity index (χ0n) is 10.1. The number of ether oxygens (including phenoxy) is 1. The average Bonchev–Trinajstić information content (AvgIpc) is 2.29. The highest BCUT2D eigenvalue weighted by Crippen LogP contribution is 2.02. The van der Waals surface area contributed by atoms with Gasteiger partial charge in [-0.25, -0.2) is 0 Å². The van der Waals surface area contributed by atoms with Crippen LogP contribution in [-0.2, 0) is 4.74 Å². The Hall–Kier alpha value is -1.46. The van der Waals surface area contributed by atoms with Crippen molar-refractivity contribution in [2.24, 2.45) is 0 Å². The van der Waals surface area contributed by atoms with Crippen LogP contribution in [-0.4, -0.2) is 42.4 Å². The van der Waals surface area contributed by atoms with Crippen molar-refractivity contribution >= 4 is 5.91 Å². The van der Waals surface area contributed by atoms with Crippen LogP contribution in [0.25, 0.3) is 0 Å². The molecule has 1 rings (SSSR count). The zero-order valence-corrected chi connectivity index (χ0v) is 10.1. The van der Waals surface area contributed by atoms with Gasteiger partial charge in [0.05, 0.1) is 12.6 Å². The van der Waals surface area contributed by atoms with Crippen LogP contribution >= 0.6 is 0 Å². The lowest BCUT2D eigenvalue weighted by molar-refractivity contribution is 0.0878. The number of nitrogens with one attached hydrogen (secondary N) is 1. The zero-order chi connectivity index (χ0) is 12.7. The molecule has 1 amide bonds. The van der Waals surface area contributed by atoms with Gasteiger partial charge in [-0.1, -0.05) is 0 Å². The maximum absolute atomic E-state index is 11.9. The van der Waals surface area contributed by atoms with Crippen molar-refractivity contribution < 1.29 is 14.6 Å². The Kier molecular flexibility index (Phi) is 5.59. The van der Waals surface area contributed by atoms with E-state index in [1.54, 1.807) is 25.4 Å². The molecule has 17 heavy (non-hydrogen) atoms. The molecule has 0 aliphatic carbocycles. The number of rotatable bonds is 6. The minimum absolute atomic E-state index is 0.0175. The summed E-state index contributed by atoms with van der Waals surface area (Å²) in [5.74, 6) is -0.175. The number of carbonyl (C=O) groups is 1. The lowest BCUT2D eigenvalue weighted by Crippen LogP contribution is -2.38. The van der Waals surface area contributed by atoms with E-state index in [0.29, 0.717) is 18.6 Å². The molecular formula is C12H18N2O3. The SMILES string of the molecule is COCC(CCO)NC(=O)c1ccnc(C)c1. The second-order valence-corrected chi connectivity index (χ2v) is 3.82. The van der Waals surface area contributed by atoms with Gasteiger partial charge >= 0.3 is 0 Å². The Morgan fingerprint density at radius 3 is 3.00 bits per heavy atom. The lowest BCUT2D eigenvalue weighted by atomic mass is 10.2. The molecular weight excluding hydrogens is 220 g/mol. The summed E-state index contributed by atoms with van der Waals surface area (Å²) in [5.41, 5.74) is 1.36. The van der Waals surface area contributed by atoms with Gasteiger partial charge in [0.25, 0.3) is 5.91 Å². The monoisotopic (exact) mass is 238 g/mol. The van der Waals surface area contributed by atoms with E-state index in [2.05, 4.69) is 10.3 Å². The highest BCUT2D eigenvalue weighted by Gasteiger charge is 2.13. The first kappa shape index (κ1) is 13.6. The minimum atomic E-state index is -0.175. The van der Waals surface area contributed by atoms with E-state index >= 15 is 0 Å². The largest absolute Gasteiger partial charge is 0.396 e. The summed E-state index contributed by atoms with van der Waals surface area (Å²) in [4.78, 5) is 15.9. The van der Waals surface area contributed by atoms with Gasteiger partial charge in [-0.05, 0) is 25.5 Å². The van der Waals surface area contributed by atoms with Crippen LogP contribution in [0.15, 0.2) is 18.3 Å². The van der Waals surface area contributed by atoms with Crippen LogP contribution in [0.4, 0.5) is 0 Å². The van der Waals surface area contributed by atoms with Crippen molar-refractivity contribution in [1.82, 2.24) is 10.3 Å². The average molecular weight is 238 g/mol. The van der Waals surface area contributed by atoms with Gasteiger partial charge in [-0.15, -0.1) is 0 Å². The standard InChI is InChI=1S/C12H18N2O3/c1-9-7-10(3-5-13-9)12(16)14-11(4-6-15)8-17-2/h3,5,7,11,15H,4,6,8H2,1-2H3,(H,14,16). The topological polar surface area (TPSA) is 71.5 Å². The summed E-state index contributed by atoms with van der Waals surface area (Å²) in [6.45, 7) is 2.23. The lowest BCUT2D eigenvalue weighted by Gasteiger charge is -2.16. The second kappa shape index (κ2) is 6.98. The summed E-state index contributed by atoms with van der Waals surface area (Å²) in [6, 6.07) is 3.20. The first-order valence-corrected chi connectivity index (χ1v) is 5.50. The molecule has 1 heterocycles. The summed E-state index contributed by atoms with van der Waals surface area (Å²) in [5, 5.41) is 11.7. The molecule has 5 heteroatoms. The Bertz CT molecular complexity index is 363. The van der Waals surface area contributed by atoms with Crippen LogP contribution in [0.2, 0.25) is 0 Å². The molecule has 1 aromatic heterocycles. The molecule has 94 valence electrons. The van der Waals surface area contributed by atoms with Crippen molar-refractivity contribution in [3.8, 4) is 0 Å². The van der Waals surface area contributed by atoms with Crippen molar-refractivity contribution in [2.45, 2.75) is 19.4 Å². The quantitative estimate of drug-likeness (QED) is 0.758. The number of aromatic nitrogens is 1. The molecule has 5 nitrogen and oxygen atoms in total. The van der Waals surface area contributed by atoms with E-state index in [4.69, 9.17) is 9.84 Å². The fourth-order valence-corrected chi connectivity index (χ4v) is 1.51. The second-order valence-electron chi connectivity index (χ2n) is 3.82. The van der Waals surface area contributed by atoms with E-state index in [1.807, 2.05) is 6.92 Å². The number of amides is 1. The number of hydrogen-bond donors (Lipinski definition) is 2. The molecule has 0 aromatic carbocycles. The number of pyridine rings is 1. The molecule has 0 spiro atoms. The predicted molar refractivity (Wildman–Crippen MR) is 63.8 cm³/mol. The normalized spacial score (nSPS) is 12.2. The fourth-order valence-electron chi connectivity index (χ4n) is 1.51. The van der Waals surface area contributed by atoms with Crippen LogP contribution in [0.3, 0.4) is 0 Å². The molecule has 0 aliphatic rings. The molecule has 1 atom stereocenters. The maximum Gasteiger partial charge on any atom is 0.251 e. The molecule has 0 aliphatic heterocycles. The minimum Gasteiger partial charge on any atom is -0.396 e. The number of aliphatic hydroxyl groups excluding tert-OH is 1. The number of carbonyl (C=O) groups excluding carboxylic acids is 1. The van der Waals surface area contributed by atoms with Gasteiger partial charge in [-0.3, -0.25) is 9.78 Å². The Morgan fingerprint density at radius 1 is 1.65 bits per heavy atom. The number of methoxy groups -OCH3 is 1. The van der Waals surface area contributed by atoms with E-state index in [1.165, 1.54) is 0 Å². The van der Waals surface area contributed by atoms with Gasteiger partial charge in [0.1, 0.15) is 0 Å². The number of aliphatic hydroxyl groups is 1. The van der Waals surface area contributed by atoms with E-state index in [9.17, 15) is 4.79 Å². The van der Waals surface area contributed by atoms with Crippen molar-refractivity contribution in [1.29, 1.82) is 0 Å². The van der Waals surface area contributed by atoms with Gasteiger partial charge in [0, 0.05) is 31.2 Å². The van der Waals surface area contributed by atoms with Crippen LogP contribution in [0.1, 0.15) is 22.5 Å². The van der Waals surface area contributed by atoms with Gasteiger partial charge in [0.2, 0.25) is 0 Å². The first-order chi connectivity index (χ1) is 8.17. The third-order valence-corrected chi connectivity index (χ3v) is 2.34.